The summed E-state index contributed by atoms with van der Waals surface area (Å²) in [7, 11) is 0. The maximum absolute atomic E-state index is 12.9. The van der Waals surface area contributed by atoms with E-state index in [1.807, 2.05) is 0 Å². The summed E-state index contributed by atoms with van der Waals surface area (Å²) in [5, 5.41) is 0. The lowest BCUT2D eigenvalue weighted by molar-refractivity contribution is -0.167. The van der Waals surface area contributed by atoms with Gasteiger partial charge in [0.05, 0.1) is 0 Å². The molecule has 1 unspecified atom stereocenters. The molecule has 0 heterocycles. The van der Waals surface area contributed by atoms with Crippen LogP contribution >= 0.6 is 0 Å². The number of ether oxygens (including phenoxy) is 3. The molecule has 0 spiro atoms. The van der Waals surface area contributed by atoms with E-state index in [4.69, 9.17) is 14.2 Å². The van der Waals surface area contributed by atoms with Crippen molar-refractivity contribution in [1.29, 1.82) is 0 Å². The summed E-state index contributed by atoms with van der Waals surface area (Å²) < 4.78 is 16.9. The Morgan fingerprint density at radius 3 is 0.829 bits per heavy atom. The Hall–Kier alpha value is -2.89. The van der Waals surface area contributed by atoms with Gasteiger partial charge < -0.3 is 14.2 Å². The van der Waals surface area contributed by atoms with E-state index in [1.54, 1.807) is 0 Å². The minimum absolute atomic E-state index is 0.0776. The Morgan fingerprint density at radius 2 is 0.514 bits per heavy atom. The van der Waals surface area contributed by atoms with E-state index < -0.39 is 6.10 Å². The van der Waals surface area contributed by atoms with Crippen LogP contribution in [0.3, 0.4) is 0 Å². The van der Waals surface area contributed by atoms with Gasteiger partial charge in [-0.1, -0.05) is 261 Å². The fraction of sp³-hybridized carbons (Fsp3) is 0.797. The summed E-state index contributed by atoms with van der Waals surface area (Å²) in [6.45, 7) is 6.62. The molecule has 0 N–H and O–H groups in total. The molecule has 406 valence electrons. The van der Waals surface area contributed by atoms with Crippen molar-refractivity contribution < 1.29 is 28.6 Å². The van der Waals surface area contributed by atoms with Crippen LogP contribution in [0.1, 0.15) is 310 Å². The molecule has 0 aliphatic heterocycles. The predicted molar refractivity (Wildman–Crippen MR) is 302 cm³/mol. The molecule has 0 aliphatic rings. The zero-order chi connectivity index (χ0) is 50.7. The van der Waals surface area contributed by atoms with Gasteiger partial charge in [-0.15, -0.1) is 0 Å². The molecule has 0 amide bonds. The van der Waals surface area contributed by atoms with E-state index in [0.717, 1.165) is 83.5 Å². The first-order chi connectivity index (χ1) is 34.5. The van der Waals surface area contributed by atoms with Crippen LogP contribution in [-0.4, -0.2) is 37.2 Å². The van der Waals surface area contributed by atoms with Gasteiger partial charge in [-0.3, -0.25) is 14.4 Å². The third-order valence-electron chi connectivity index (χ3n) is 13.2. The van der Waals surface area contributed by atoms with Crippen molar-refractivity contribution in [3.05, 3.63) is 60.8 Å². The number of allylic oxidation sites excluding steroid dienone is 10. The molecule has 0 aromatic rings. The van der Waals surface area contributed by atoms with Crippen molar-refractivity contribution in [2.24, 2.45) is 0 Å². The highest BCUT2D eigenvalue weighted by Crippen LogP contribution is 2.16. The summed E-state index contributed by atoms with van der Waals surface area (Å²) in [6.07, 6.45) is 73.5. The lowest BCUT2D eigenvalue weighted by Crippen LogP contribution is -2.30. The van der Waals surface area contributed by atoms with Crippen molar-refractivity contribution in [3.63, 3.8) is 0 Å². The highest BCUT2D eigenvalue weighted by Gasteiger charge is 2.19. The molecule has 0 fully saturated rings. The van der Waals surface area contributed by atoms with Crippen LogP contribution in [-0.2, 0) is 28.6 Å². The fourth-order valence-corrected chi connectivity index (χ4v) is 8.66. The molecule has 6 heteroatoms. The van der Waals surface area contributed by atoms with E-state index in [-0.39, 0.29) is 31.1 Å². The molecule has 0 radical (unpaired) electrons. The normalized spacial score (nSPS) is 12.4. The SMILES string of the molecule is CCCCC/C=C\C/C=C\CCCCCCCCCCCC(=O)OC(COC(=O)CCCCCCCC/C=C\C/C=C\C/C=C\CCCCCCC)COC(=O)CCCCCCCCCCCCCC. The number of unbranched alkanes of at least 4 members (excludes halogenated alkanes) is 34. The fourth-order valence-electron chi connectivity index (χ4n) is 8.66. The van der Waals surface area contributed by atoms with Crippen LogP contribution < -0.4 is 0 Å². The maximum Gasteiger partial charge on any atom is 0.306 e. The van der Waals surface area contributed by atoms with Gasteiger partial charge in [0.15, 0.2) is 6.10 Å². The van der Waals surface area contributed by atoms with Crippen molar-refractivity contribution in [2.45, 2.75) is 316 Å². The Balaban J connectivity index is 4.35. The largest absolute Gasteiger partial charge is 0.462 e. The third kappa shape index (κ3) is 56.0. The van der Waals surface area contributed by atoms with Crippen LogP contribution in [0.25, 0.3) is 0 Å². The van der Waals surface area contributed by atoms with Crippen molar-refractivity contribution in [2.75, 3.05) is 13.2 Å². The first-order valence-electron chi connectivity index (χ1n) is 30.3. The monoisotopic (exact) mass is 979 g/mol. The Bertz CT molecular complexity index is 1260. The molecule has 6 nitrogen and oxygen atoms in total. The number of rotatable bonds is 55. The van der Waals surface area contributed by atoms with Gasteiger partial charge in [-0.05, 0) is 89.9 Å². The lowest BCUT2D eigenvalue weighted by atomic mass is 10.0. The van der Waals surface area contributed by atoms with E-state index in [2.05, 4.69) is 81.5 Å². The van der Waals surface area contributed by atoms with E-state index in [9.17, 15) is 14.4 Å². The average Bonchev–Trinajstić information content (AvgIpc) is 3.36. The van der Waals surface area contributed by atoms with Crippen molar-refractivity contribution in [3.8, 4) is 0 Å². The van der Waals surface area contributed by atoms with Gasteiger partial charge >= 0.3 is 17.9 Å². The standard InChI is InChI=1S/C64H114O6/c1-4-7-10-13-16-19-22-25-27-29-31-32-34-35-37-39-42-45-48-51-54-57-63(66)69-60-61(59-68-62(65)56-53-50-47-44-41-24-21-18-15-12-9-6-3)70-64(67)58-55-52-49-46-43-40-38-36-33-30-28-26-23-20-17-14-11-8-5-2/h17,20,22,25-26,28-29,31,34-35,61H,4-16,18-19,21,23-24,27,30,32-33,36-60H2,1-3H3/b20-17-,25-22-,28-26-,31-29-,35-34-. The van der Waals surface area contributed by atoms with Gasteiger partial charge in [0, 0.05) is 19.3 Å². The van der Waals surface area contributed by atoms with Crippen molar-refractivity contribution >= 4 is 17.9 Å². The van der Waals surface area contributed by atoms with Crippen molar-refractivity contribution in [1.82, 2.24) is 0 Å². The molecule has 0 aliphatic carbocycles. The van der Waals surface area contributed by atoms with E-state index >= 15 is 0 Å². The van der Waals surface area contributed by atoms with E-state index in [0.29, 0.717) is 19.3 Å². The maximum atomic E-state index is 12.9. The molecular weight excluding hydrogens is 865 g/mol. The smallest absolute Gasteiger partial charge is 0.306 e. The Morgan fingerprint density at radius 1 is 0.286 bits per heavy atom. The molecule has 0 aromatic carbocycles. The second-order valence-electron chi connectivity index (χ2n) is 20.3. The summed E-state index contributed by atoms with van der Waals surface area (Å²) >= 11 is 0. The second kappa shape index (κ2) is 58.7. The molecular formula is C64H114O6. The highest BCUT2D eigenvalue weighted by molar-refractivity contribution is 5.71. The number of carbonyl (C=O) groups excluding carboxylic acids is 3. The molecule has 0 bridgehead atoms. The summed E-state index contributed by atoms with van der Waals surface area (Å²) in [4.78, 5) is 38.2. The molecule has 70 heavy (non-hydrogen) atoms. The third-order valence-corrected chi connectivity index (χ3v) is 13.2. The Labute approximate surface area is 434 Å². The zero-order valence-corrected chi connectivity index (χ0v) is 46.5. The second-order valence-corrected chi connectivity index (χ2v) is 20.3. The van der Waals surface area contributed by atoms with Crippen LogP contribution in [0.5, 0.6) is 0 Å². The lowest BCUT2D eigenvalue weighted by Gasteiger charge is -2.18. The molecule has 0 saturated carbocycles. The van der Waals surface area contributed by atoms with Crippen LogP contribution in [0.4, 0.5) is 0 Å². The molecule has 0 rings (SSSR count). The van der Waals surface area contributed by atoms with E-state index in [1.165, 1.54) is 186 Å². The minimum Gasteiger partial charge on any atom is -0.462 e. The summed E-state index contributed by atoms with van der Waals surface area (Å²) in [5.74, 6) is -0.881. The first-order valence-corrected chi connectivity index (χ1v) is 30.3. The average molecular weight is 980 g/mol. The van der Waals surface area contributed by atoms with Gasteiger partial charge in [0.1, 0.15) is 13.2 Å². The van der Waals surface area contributed by atoms with Gasteiger partial charge in [0.2, 0.25) is 0 Å². The highest BCUT2D eigenvalue weighted by atomic mass is 16.6. The molecule has 0 saturated heterocycles. The van der Waals surface area contributed by atoms with Gasteiger partial charge in [-0.25, -0.2) is 0 Å². The van der Waals surface area contributed by atoms with Crippen LogP contribution in [0, 0.1) is 0 Å². The molecule has 0 aromatic heterocycles. The number of hydrogen-bond acceptors (Lipinski definition) is 6. The number of esters is 3. The summed E-state index contributed by atoms with van der Waals surface area (Å²) in [6, 6.07) is 0. The first kappa shape index (κ1) is 67.1. The summed E-state index contributed by atoms with van der Waals surface area (Å²) in [5.41, 5.74) is 0. The minimum atomic E-state index is -0.781. The van der Waals surface area contributed by atoms with Gasteiger partial charge in [0.25, 0.3) is 0 Å². The topological polar surface area (TPSA) is 78.9 Å². The van der Waals surface area contributed by atoms with Gasteiger partial charge in [-0.2, -0.15) is 0 Å². The number of hydrogen-bond donors (Lipinski definition) is 0. The Kier molecular flexibility index (Phi) is 56.3. The molecule has 1 atom stereocenters. The zero-order valence-electron chi connectivity index (χ0n) is 46.5. The predicted octanol–water partition coefficient (Wildman–Crippen LogP) is 20.4. The quantitative estimate of drug-likeness (QED) is 0.0261. The van der Waals surface area contributed by atoms with Crippen LogP contribution in [0.2, 0.25) is 0 Å². The van der Waals surface area contributed by atoms with Crippen LogP contribution in [0.15, 0.2) is 60.8 Å². The number of carbonyl (C=O) groups is 3.